The predicted molar refractivity (Wildman–Crippen MR) is 76.6 cm³/mol. The maximum Gasteiger partial charge on any atom is 0.256 e. The molecule has 0 bridgehead atoms. The van der Waals surface area contributed by atoms with Crippen LogP contribution in [0.25, 0.3) is 0 Å². The summed E-state index contributed by atoms with van der Waals surface area (Å²) < 4.78 is 0. The molecule has 0 atom stereocenters. The van der Waals surface area contributed by atoms with Crippen LogP contribution in [0.5, 0.6) is 5.75 Å². The highest BCUT2D eigenvalue weighted by molar-refractivity contribution is 6.05. The molecule has 2 aromatic rings. The first-order valence-corrected chi connectivity index (χ1v) is 6.30. The van der Waals surface area contributed by atoms with E-state index in [0.717, 1.165) is 12.1 Å². The van der Waals surface area contributed by atoms with Gasteiger partial charge in [0.15, 0.2) is 0 Å². The number of nitrogens with one attached hydrogen (secondary N) is 1. The number of rotatable bonds is 3. The second-order valence-electron chi connectivity index (χ2n) is 4.46. The molecule has 0 fully saturated rings. The summed E-state index contributed by atoms with van der Waals surface area (Å²) in [4.78, 5) is 12.2. The molecule has 0 aliphatic heterocycles. The van der Waals surface area contributed by atoms with Gasteiger partial charge in [0.25, 0.3) is 5.91 Å². The molecule has 19 heavy (non-hydrogen) atoms. The van der Waals surface area contributed by atoms with Crippen molar-refractivity contribution in [3.05, 3.63) is 59.2 Å². The van der Waals surface area contributed by atoms with Crippen molar-refractivity contribution in [2.45, 2.75) is 20.3 Å². The highest BCUT2D eigenvalue weighted by Crippen LogP contribution is 2.21. The van der Waals surface area contributed by atoms with Gasteiger partial charge in [-0.05, 0) is 43.2 Å². The number of benzene rings is 2. The molecule has 0 unspecified atom stereocenters. The average molecular weight is 255 g/mol. The van der Waals surface area contributed by atoms with Gasteiger partial charge in [-0.3, -0.25) is 4.79 Å². The quantitative estimate of drug-likeness (QED) is 0.881. The van der Waals surface area contributed by atoms with Gasteiger partial charge in [-0.15, -0.1) is 0 Å². The Morgan fingerprint density at radius 1 is 1.21 bits per heavy atom. The molecule has 1 amide bonds. The molecule has 0 aliphatic carbocycles. The molecule has 3 nitrogen and oxygen atoms in total. The van der Waals surface area contributed by atoms with Gasteiger partial charge >= 0.3 is 0 Å². The number of amides is 1. The summed E-state index contributed by atoms with van der Waals surface area (Å²) in [5.41, 5.74) is 3.02. The van der Waals surface area contributed by atoms with Crippen molar-refractivity contribution in [3.63, 3.8) is 0 Å². The van der Waals surface area contributed by atoms with E-state index in [1.165, 1.54) is 5.56 Å². The predicted octanol–water partition coefficient (Wildman–Crippen LogP) is 3.52. The fraction of sp³-hybridized carbons (Fsp3) is 0.188. The zero-order valence-electron chi connectivity index (χ0n) is 11.1. The van der Waals surface area contributed by atoms with E-state index >= 15 is 0 Å². The van der Waals surface area contributed by atoms with E-state index in [2.05, 4.69) is 12.2 Å². The van der Waals surface area contributed by atoms with Crippen molar-refractivity contribution in [1.82, 2.24) is 0 Å². The number of phenolic OH excluding ortho intramolecular Hbond substituents is 1. The smallest absolute Gasteiger partial charge is 0.256 e. The third-order valence-electron chi connectivity index (χ3n) is 3.14. The van der Waals surface area contributed by atoms with Gasteiger partial charge in [0.1, 0.15) is 5.75 Å². The minimum atomic E-state index is -0.207. The van der Waals surface area contributed by atoms with Gasteiger partial charge in [0.05, 0.1) is 0 Å². The summed E-state index contributed by atoms with van der Waals surface area (Å²) >= 11 is 0. The van der Waals surface area contributed by atoms with E-state index in [0.29, 0.717) is 11.1 Å². The number of aryl methyl sites for hydroxylation is 1. The van der Waals surface area contributed by atoms with E-state index in [9.17, 15) is 9.90 Å². The lowest BCUT2D eigenvalue weighted by Crippen LogP contribution is -2.13. The summed E-state index contributed by atoms with van der Waals surface area (Å²) in [7, 11) is 0. The Kier molecular flexibility index (Phi) is 3.85. The van der Waals surface area contributed by atoms with Gasteiger partial charge < -0.3 is 10.4 Å². The van der Waals surface area contributed by atoms with Crippen LogP contribution in [-0.2, 0) is 6.42 Å². The van der Waals surface area contributed by atoms with Crippen molar-refractivity contribution < 1.29 is 9.90 Å². The Labute approximate surface area is 112 Å². The molecule has 2 aromatic carbocycles. The largest absolute Gasteiger partial charge is 0.508 e. The normalized spacial score (nSPS) is 10.2. The number of carbonyl (C=O) groups excluding carboxylic acids is 1. The fourth-order valence-corrected chi connectivity index (χ4v) is 1.94. The molecule has 2 N–H and O–H groups in total. The van der Waals surface area contributed by atoms with Gasteiger partial charge in [0.2, 0.25) is 0 Å². The Morgan fingerprint density at radius 2 is 1.95 bits per heavy atom. The highest BCUT2D eigenvalue weighted by atomic mass is 16.3. The van der Waals surface area contributed by atoms with Crippen LogP contribution in [0.4, 0.5) is 5.69 Å². The van der Waals surface area contributed by atoms with Crippen molar-refractivity contribution in [2.75, 3.05) is 5.32 Å². The minimum Gasteiger partial charge on any atom is -0.508 e. The van der Waals surface area contributed by atoms with E-state index in [4.69, 9.17) is 0 Å². The minimum absolute atomic E-state index is 0.134. The zero-order valence-corrected chi connectivity index (χ0v) is 11.1. The maximum absolute atomic E-state index is 12.2. The Bertz CT molecular complexity index is 605. The first-order chi connectivity index (χ1) is 9.11. The van der Waals surface area contributed by atoms with Crippen molar-refractivity contribution in [2.24, 2.45) is 0 Å². The van der Waals surface area contributed by atoms with E-state index in [1.54, 1.807) is 25.1 Å². The lowest BCUT2D eigenvalue weighted by Gasteiger charge is -2.09. The molecule has 0 heterocycles. The summed E-state index contributed by atoms with van der Waals surface area (Å²) in [6.45, 7) is 3.80. The molecule has 0 aliphatic rings. The van der Waals surface area contributed by atoms with Crippen molar-refractivity contribution in [3.8, 4) is 5.75 Å². The van der Waals surface area contributed by atoms with Gasteiger partial charge in [0, 0.05) is 16.8 Å². The Balaban J connectivity index is 2.23. The maximum atomic E-state index is 12.2. The molecule has 0 radical (unpaired) electrons. The van der Waals surface area contributed by atoms with Crippen LogP contribution >= 0.6 is 0 Å². The van der Waals surface area contributed by atoms with Crippen LogP contribution in [-0.4, -0.2) is 11.0 Å². The molecule has 2 rings (SSSR count). The fourth-order valence-electron chi connectivity index (χ4n) is 1.94. The van der Waals surface area contributed by atoms with Crippen LogP contribution in [0.15, 0.2) is 42.5 Å². The average Bonchev–Trinajstić information content (AvgIpc) is 2.42. The highest BCUT2D eigenvalue weighted by Gasteiger charge is 2.11. The van der Waals surface area contributed by atoms with Crippen LogP contribution in [0.2, 0.25) is 0 Å². The van der Waals surface area contributed by atoms with Crippen molar-refractivity contribution in [1.29, 1.82) is 0 Å². The van der Waals surface area contributed by atoms with Crippen LogP contribution < -0.4 is 5.32 Å². The van der Waals surface area contributed by atoms with Crippen molar-refractivity contribution >= 4 is 11.6 Å². The molecule has 0 aromatic heterocycles. The first-order valence-electron chi connectivity index (χ1n) is 6.30. The van der Waals surface area contributed by atoms with Gasteiger partial charge in [-0.25, -0.2) is 0 Å². The van der Waals surface area contributed by atoms with Gasteiger partial charge in [-0.2, -0.15) is 0 Å². The summed E-state index contributed by atoms with van der Waals surface area (Å²) in [6.07, 6.45) is 0.925. The van der Waals surface area contributed by atoms with E-state index in [-0.39, 0.29) is 11.7 Å². The SMILES string of the molecule is CCc1cccc(NC(=O)c2cccc(O)c2C)c1. The number of hydrogen-bond donors (Lipinski definition) is 2. The molecule has 0 spiro atoms. The number of hydrogen-bond acceptors (Lipinski definition) is 2. The Morgan fingerprint density at radius 3 is 2.68 bits per heavy atom. The van der Waals surface area contributed by atoms with Gasteiger partial charge in [-0.1, -0.05) is 25.1 Å². The zero-order chi connectivity index (χ0) is 13.8. The lowest BCUT2D eigenvalue weighted by molar-refractivity contribution is 0.102. The molecular weight excluding hydrogens is 238 g/mol. The number of aromatic hydroxyl groups is 1. The number of anilines is 1. The topological polar surface area (TPSA) is 49.3 Å². The molecule has 0 saturated carbocycles. The number of phenols is 1. The summed E-state index contributed by atoms with van der Waals surface area (Å²) in [6, 6.07) is 12.7. The standard InChI is InChI=1S/C16H17NO2/c1-3-12-6-4-7-13(10-12)17-16(19)14-8-5-9-15(18)11(14)2/h4-10,18H,3H2,1-2H3,(H,17,19). The van der Waals surface area contributed by atoms with Crippen LogP contribution in [0.3, 0.4) is 0 Å². The number of carbonyl (C=O) groups is 1. The molecular formula is C16H17NO2. The second kappa shape index (κ2) is 5.57. The molecule has 3 heteroatoms. The summed E-state index contributed by atoms with van der Waals surface area (Å²) in [5, 5.41) is 12.5. The molecule has 98 valence electrons. The van der Waals surface area contributed by atoms with E-state index in [1.807, 2.05) is 24.3 Å². The third kappa shape index (κ3) is 2.94. The monoisotopic (exact) mass is 255 g/mol. The first kappa shape index (κ1) is 13.1. The van der Waals surface area contributed by atoms with Crippen LogP contribution in [0.1, 0.15) is 28.4 Å². The Hall–Kier alpha value is -2.29. The molecule has 0 saturated heterocycles. The van der Waals surface area contributed by atoms with E-state index < -0.39 is 0 Å². The lowest BCUT2D eigenvalue weighted by atomic mass is 10.1. The second-order valence-corrected chi connectivity index (χ2v) is 4.46. The van der Waals surface area contributed by atoms with Crippen LogP contribution in [0, 0.1) is 6.92 Å². The summed E-state index contributed by atoms with van der Waals surface area (Å²) in [5.74, 6) is -0.0726. The third-order valence-corrected chi connectivity index (χ3v) is 3.14.